The van der Waals surface area contributed by atoms with Gasteiger partial charge in [0.1, 0.15) is 27.3 Å². The largest absolute Gasteiger partial charge is 0.455 e. The number of para-hydroxylation sites is 6. The molecule has 13 rings (SSSR count). The van der Waals surface area contributed by atoms with Crippen LogP contribution in [0, 0.1) is 0 Å². The summed E-state index contributed by atoms with van der Waals surface area (Å²) in [5, 5.41) is 5.48. The summed E-state index contributed by atoms with van der Waals surface area (Å²) in [5.74, 6) is 0. The summed E-state index contributed by atoms with van der Waals surface area (Å²) in [6.07, 6.45) is 0. The number of anilines is 3. The summed E-state index contributed by atoms with van der Waals surface area (Å²) in [6.45, 7) is 0. The zero-order chi connectivity index (χ0) is 43.6. The highest BCUT2D eigenvalue weighted by atomic mass is 32.1. The first kappa shape index (κ1) is 38.0. The van der Waals surface area contributed by atoms with Crippen LogP contribution in [-0.4, -0.2) is 4.98 Å². The third kappa shape index (κ3) is 6.40. The molecule has 0 radical (unpaired) electrons. The van der Waals surface area contributed by atoms with Gasteiger partial charge in [-0.3, -0.25) is 0 Å². The number of benzene rings is 10. The van der Waals surface area contributed by atoms with Crippen molar-refractivity contribution in [1.82, 2.24) is 4.98 Å². The molecule has 310 valence electrons. The smallest absolute Gasteiger partial charge is 0.143 e. The number of hydrogen-bond acceptors (Lipinski definition) is 5. The van der Waals surface area contributed by atoms with E-state index in [1.165, 1.54) is 0 Å². The first-order valence-electron chi connectivity index (χ1n) is 22.2. The Morgan fingerprint density at radius 2 is 0.727 bits per heavy atom. The van der Waals surface area contributed by atoms with Gasteiger partial charge in [-0.2, -0.15) is 0 Å². The van der Waals surface area contributed by atoms with Crippen LogP contribution in [0.25, 0.3) is 109 Å². The van der Waals surface area contributed by atoms with E-state index in [9.17, 15) is 0 Å². The van der Waals surface area contributed by atoms with Crippen molar-refractivity contribution in [3.8, 4) is 55.1 Å². The molecule has 0 bridgehead atoms. The molecule has 0 spiro atoms. The Morgan fingerprint density at radius 3 is 1.26 bits per heavy atom. The van der Waals surface area contributed by atoms with Gasteiger partial charge in [-0.25, -0.2) is 4.98 Å². The summed E-state index contributed by atoms with van der Waals surface area (Å²) in [7, 11) is 0. The van der Waals surface area contributed by atoms with Crippen LogP contribution >= 0.6 is 11.3 Å². The molecule has 0 N–H and O–H groups in total. The standard InChI is InChI=1S/C61H38N2O2S/c1-3-13-44(14-4-1)63(45-15-5-2-6-16-45)46-35-33-43(34-36-46)61-62-57-47(39-25-27-40(28-26-39)48-19-11-21-53-51-17-7-9-23-55(51)64-58(48)53)37-38-50(60(57)66-61)42-31-29-41(30-32-42)49-20-12-22-54-52-18-8-10-24-56(52)65-59(49)54/h1-38H. The van der Waals surface area contributed by atoms with Crippen molar-refractivity contribution < 1.29 is 8.83 Å². The minimum Gasteiger partial charge on any atom is -0.455 e. The van der Waals surface area contributed by atoms with E-state index in [2.05, 4.69) is 211 Å². The molecule has 66 heavy (non-hydrogen) atoms. The lowest BCUT2D eigenvalue weighted by Crippen LogP contribution is -2.09. The number of fused-ring (bicyclic) bond motifs is 7. The number of aromatic nitrogens is 1. The van der Waals surface area contributed by atoms with Gasteiger partial charge in [0.2, 0.25) is 0 Å². The van der Waals surface area contributed by atoms with Gasteiger partial charge in [0, 0.05) is 66.4 Å². The van der Waals surface area contributed by atoms with Crippen molar-refractivity contribution in [3.63, 3.8) is 0 Å². The van der Waals surface area contributed by atoms with Crippen LogP contribution < -0.4 is 4.90 Å². The number of hydrogen-bond donors (Lipinski definition) is 0. The van der Waals surface area contributed by atoms with Gasteiger partial charge in [-0.1, -0.05) is 170 Å². The van der Waals surface area contributed by atoms with Gasteiger partial charge < -0.3 is 13.7 Å². The molecule has 0 aliphatic heterocycles. The van der Waals surface area contributed by atoms with Gasteiger partial charge in [0.05, 0.1) is 10.2 Å². The number of nitrogens with zero attached hydrogens (tertiary/aromatic N) is 2. The minimum absolute atomic E-state index is 0.899. The lowest BCUT2D eigenvalue weighted by Gasteiger charge is -2.25. The second-order valence-electron chi connectivity index (χ2n) is 16.6. The summed E-state index contributed by atoms with van der Waals surface area (Å²) >= 11 is 1.74. The summed E-state index contributed by atoms with van der Waals surface area (Å²) in [6, 6.07) is 81.4. The molecule has 0 aliphatic carbocycles. The lowest BCUT2D eigenvalue weighted by atomic mass is 9.95. The van der Waals surface area contributed by atoms with Crippen molar-refractivity contribution in [2.45, 2.75) is 0 Å². The molecule has 3 heterocycles. The van der Waals surface area contributed by atoms with Crippen molar-refractivity contribution in [2.24, 2.45) is 0 Å². The molecule has 4 nitrogen and oxygen atoms in total. The van der Waals surface area contributed by atoms with Crippen molar-refractivity contribution in [2.75, 3.05) is 4.90 Å². The fourth-order valence-electron chi connectivity index (χ4n) is 9.55. The van der Waals surface area contributed by atoms with Crippen LogP contribution in [0.2, 0.25) is 0 Å². The Hall–Kier alpha value is -8.51. The Balaban J connectivity index is 0.910. The zero-order valence-corrected chi connectivity index (χ0v) is 36.4. The molecule has 0 saturated heterocycles. The minimum atomic E-state index is 0.899. The van der Waals surface area contributed by atoms with E-state index in [-0.39, 0.29) is 0 Å². The molecule has 13 aromatic rings. The number of rotatable bonds is 8. The Labute approximate surface area is 384 Å². The van der Waals surface area contributed by atoms with E-state index < -0.39 is 0 Å². The maximum Gasteiger partial charge on any atom is 0.143 e. The van der Waals surface area contributed by atoms with Crippen LogP contribution in [-0.2, 0) is 0 Å². The SMILES string of the molecule is c1ccc(N(c2ccccc2)c2ccc(-c3nc4c(-c5ccc(-c6cccc7c6oc6ccccc67)cc5)ccc(-c5ccc(-c6cccc7c6oc6ccccc67)cc5)c4s3)cc2)cc1. The van der Waals surface area contributed by atoms with Crippen LogP contribution in [0.15, 0.2) is 239 Å². The second-order valence-corrected chi connectivity index (χ2v) is 17.6. The normalized spacial score (nSPS) is 11.6. The van der Waals surface area contributed by atoms with Crippen molar-refractivity contribution in [3.05, 3.63) is 231 Å². The maximum atomic E-state index is 6.43. The van der Waals surface area contributed by atoms with Crippen molar-refractivity contribution >= 4 is 82.5 Å². The van der Waals surface area contributed by atoms with E-state index in [1.54, 1.807) is 11.3 Å². The van der Waals surface area contributed by atoms with E-state index >= 15 is 0 Å². The van der Waals surface area contributed by atoms with E-state index in [0.29, 0.717) is 0 Å². The molecule has 5 heteroatoms. The van der Waals surface area contributed by atoms with Gasteiger partial charge in [-0.15, -0.1) is 11.3 Å². The topological polar surface area (TPSA) is 42.4 Å². The van der Waals surface area contributed by atoms with Gasteiger partial charge in [0.25, 0.3) is 0 Å². The van der Waals surface area contributed by atoms with Gasteiger partial charge in [0.15, 0.2) is 0 Å². The lowest BCUT2D eigenvalue weighted by molar-refractivity contribution is 0.669. The van der Waals surface area contributed by atoms with Gasteiger partial charge in [-0.05, 0) is 82.9 Å². The van der Waals surface area contributed by atoms with Crippen LogP contribution in [0.5, 0.6) is 0 Å². The number of thiazole rings is 1. The highest BCUT2D eigenvalue weighted by molar-refractivity contribution is 7.22. The average molecular weight is 863 g/mol. The zero-order valence-electron chi connectivity index (χ0n) is 35.6. The summed E-state index contributed by atoms with van der Waals surface area (Å²) < 4.78 is 14.0. The third-order valence-electron chi connectivity index (χ3n) is 12.8. The van der Waals surface area contributed by atoms with Gasteiger partial charge >= 0.3 is 0 Å². The average Bonchev–Trinajstić information content (AvgIpc) is 4.12. The molecule has 0 unspecified atom stereocenters. The highest BCUT2D eigenvalue weighted by Gasteiger charge is 2.20. The fourth-order valence-corrected chi connectivity index (χ4v) is 10.7. The predicted molar refractivity (Wildman–Crippen MR) is 276 cm³/mol. The first-order chi connectivity index (χ1) is 32.7. The van der Waals surface area contributed by atoms with E-state index in [4.69, 9.17) is 13.8 Å². The second kappa shape index (κ2) is 15.6. The first-order valence-corrected chi connectivity index (χ1v) is 23.0. The van der Waals surface area contributed by atoms with Crippen molar-refractivity contribution in [1.29, 1.82) is 0 Å². The number of furan rings is 2. The predicted octanol–water partition coefficient (Wildman–Crippen LogP) is 17.9. The Kier molecular flexibility index (Phi) is 9.00. The van der Waals surface area contributed by atoms with Crippen LogP contribution in [0.1, 0.15) is 0 Å². The quantitative estimate of drug-likeness (QED) is 0.153. The maximum absolute atomic E-state index is 6.43. The Bertz CT molecular complexity index is 3670. The molecular weight excluding hydrogens is 825 g/mol. The summed E-state index contributed by atoms with van der Waals surface area (Å²) in [5.41, 5.74) is 17.8. The molecule has 0 amide bonds. The molecule has 0 saturated carbocycles. The molecule has 0 aliphatic rings. The molecule has 0 atom stereocenters. The molecule has 3 aromatic heterocycles. The fraction of sp³-hybridized carbons (Fsp3) is 0. The molecule has 10 aromatic carbocycles. The Morgan fingerprint density at radius 1 is 0.318 bits per heavy atom. The monoisotopic (exact) mass is 862 g/mol. The van der Waals surface area contributed by atoms with Crippen LogP contribution in [0.3, 0.4) is 0 Å². The van der Waals surface area contributed by atoms with Crippen LogP contribution in [0.4, 0.5) is 17.1 Å². The molecular formula is C61H38N2O2S. The molecule has 0 fully saturated rings. The summed E-state index contributed by atoms with van der Waals surface area (Å²) in [4.78, 5) is 7.77. The van der Waals surface area contributed by atoms with E-state index in [0.717, 1.165) is 126 Å². The third-order valence-corrected chi connectivity index (χ3v) is 13.9. The van der Waals surface area contributed by atoms with E-state index in [1.807, 2.05) is 24.3 Å². The highest BCUT2D eigenvalue weighted by Crippen LogP contribution is 2.45.